The fraction of sp³-hybridized carbons (Fsp3) is 0.222. The van der Waals surface area contributed by atoms with Crippen LogP contribution in [-0.4, -0.2) is 12.4 Å². The van der Waals surface area contributed by atoms with Crippen LogP contribution in [-0.2, 0) is 0 Å². The van der Waals surface area contributed by atoms with E-state index in [2.05, 4.69) is 0 Å². The number of halogens is 1. The predicted octanol–water partition coefficient (Wildman–Crippen LogP) is 1.45. The zero-order chi connectivity index (χ0) is 9.84. The van der Waals surface area contributed by atoms with E-state index in [0.29, 0.717) is 11.3 Å². The highest BCUT2D eigenvalue weighted by Crippen LogP contribution is 2.15. The number of hydrogen-bond donors (Lipinski definition) is 2. The van der Waals surface area contributed by atoms with Crippen molar-refractivity contribution in [1.82, 2.24) is 0 Å². The van der Waals surface area contributed by atoms with E-state index in [4.69, 9.17) is 15.9 Å². The Balaban J connectivity index is 2.68. The van der Waals surface area contributed by atoms with E-state index < -0.39 is 0 Å². The number of rotatable bonds is 3. The van der Waals surface area contributed by atoms with Gasteiger partial charge in [-0.1, -0.05) is 0 Å². The second kappa shape index (κ2) is 3.89. The first-order valence-corrected chi connectivity index (χ1v) is 3.81. The van der Waals surface area contributed by atoms with Gasteiger partial charge in [0.25, 0.3) is 0 Å². The molecule has 0 amide bonds. The van der Waals surface area contributed by atoms with Crippen molar-refractivity contribution >= 4 is 5.84 Å². The molecule has 0 fully saturated rings. The van der Waals surface area contributed by atoms with Gasteiger partial charge >= 0.3 is 0 Å². The molecule has 0 aromatic heterocycles. The average molecular weight is 182 g/mol. The van der Waals surface area contributed by atoms with Crippen molar-refractivity contribution in [3.8, 4) is 5.75 Å². The molecule has 1 rings (SSSR count). The summed E-state index contributed by atoms with van der Waals surface area (Å²) in [5, 5.41) is 6.92. The molecule has 0 spiro atoms. The monoisotopic (exact) mass is 182 g/mol. The lowest BCUT2D eigenvalue weighted by Crippen LogP contribution is -2.19. The van der Waals surface area contributed by atoms with Gasteiger partial charge in [-0.2, -0.15) is 0 Å². The minimum absolute atomic E-state index is 0.0328. The van der Waals surface area contributed by atoms with Gasteiger partial charge < -0.3 is 10.5 Å². The molecule has 0 aliphatic carbocycles. The minimum Gasteiger partial charge on any atom is -0.486 e. The van der Waals surface area contributed by atoms with Crippen molar-refractivity contribution in [3.05, 3.63) is 29.6 Å². The summed E-state index contributed by atoms with van der Waals surface area (Å²) in [6.07, 6.45) is 0. The van der Waals surface area contributed by atoms with E-state index in [-0.39, 0.29) is 18.3 Å². The highest BCUT2D eigenvalue weighted by atomic mass is 19.1. The Morgan fingerprint density at radius 3 is 2.85 bits per heavy atom. The summed E-state index contributed by atoms with van der Waals surface area (Å²) in [5.74, 6) is 0.200. The molecule has 0 aliphatic heterocycles. The maximum absolute atomic E-state index is 12.8. The first-order valence-electron chi connectivity index (χ1n) is 3.81. The molecule has 1 aromatic rings. The Morgan fingerprint density at radius 2 is 2.31 bits per heavy atom. The molecule has 0 saturated carbocycles. The molecule has 1 aromatic carbocycles. The van der Waals surface area contributed by atoms with E-state index >= 15 is 0 Å². The largest absolute Gasteiger partial charge is 0.486 e. The van der Waals surface area contributed by atoms with Crippen LogP contribution < -0.4 is 10.5 Å². The topological polar surface area (TPSA) is 59.1 Å². The number of hydrogen-bond acceptors (Lipinski definition) is 2. The van der Waals surface area contributed by atoms with Crippen LogP contribution in [0.2, 0.25) is 0 Å². The first-order chi connectivity index (χ1) is 6.09. The van der Waals surface area contributed by atoms with E-state index in [1.165, 1.54) is 12.1 Å². The highest BCUT2D eigenvalue weighted by Gasteiger charge is 1.99. The van der Waals surface area contributed by atoms with Crippen LogP contribution in [0.5, 0.6) is 5.75 Å². The van der Waals surface area contributed by atoms with Crippen molar-refractivity contribution in [2.45, 2.75) is 6.92 Å². The molecule has 70 valence electrons. The highest BCUT2D eigenvalue weighted by molar-refractivity contribution is 5.78. The lowest BCUT2D eigenvalue weighted by atomic mass is 10.2. The average Bonchev–Trinajstić information content (AvgIpc) is 2.07. The van der Waals surface area contributed by atoms with Crippen LogP contribution in [0.1, 0.15) is 5.56 Å². The molecule has 0 radical (unpaired) electrons. The standard InChI is InChI=1S/C9H11FN2O/c1-6-4-7(2-3-8(6)10)13-5-9(11)12/h2-4H,5H2,1H3,(H3,11,12). The predicted molar refractivity (Wildman–Crippen MR) is 48.5 cm³/mol. The third kappa shape index (κ3) is 2.74. The summed E-state index contributed by atoms with van der Waals surface area (Å²) in [5.41, 5.74) is 5.61. The van der Waals surface area contributed by atoms with E-state index in [1.54, 1.807) is 13.0 Å². The maximum Gasteiger partial charge on any atom is 0.145 e. The van der Waals surface area contributed by atoms with E-state index in [0.717, 1.165) is 0 Å². The lowest BCUT2D eigenvalue weighted by molar-refractivity contribution is 0.373. The number of ether oxygens (including phenoxy) is 1. The van der Waals surface area contributed by atoms with Crippen LogP contribution in [0, 0.1) is 18.2 Å². The fourth-order valence-electron chi connectivity index (χ4n) is 0.868. The zero-order valence-electron chi connectivity index (χ0n) is 7.30. The van der Waals surface area contributed by atoms with Gasteiger partial charge in [-0.25, -0.2) is 4.39 Å². The van der Waals surface area contributed by atoms with Gasteiger partial charge in [0.15, 0.2) is 0 Å². The summed E-state index contributed by atoms with van der Waals surface area (Å²) in [7, 11) is 0. The number of nitrogens with two attached hydrogens (primary N) is 1. The van der Waals surface area contributed by atoms with Gasteiger partial charge in [0, 0.05) is 0 Å². The van der Waals surface area contributed by atoms with Gasteiger partial charge in [-0.3, -0.25) is 5.41 Å². The van der Waals surface area contributed by atoms with Gasteiger partial charge in [-0.05, 0) is 30.7 Å². The third-order valence-corrected chi connectivity index (χ3v) is 1.52. The van der Waals surface area contributed by atoms with E-state index in [9.17, 15) is 4.39 Å². The van der Waals surface area contributed by atoms with Gasteiger partial charge in [0.2, 0.25) is 0 Å². The molecule has 3 nitrogen and oxygen atoms in total. The minimum atomic E-state index is -0.268. The summed E-state index contributed by atoms with van der Waals surface area (Å²) in [6.45, 7) is 1.68. The first kappa shape index (κ1) is 9.51. The summed E-state index contributed by atoms with van der Waals surface area (Å²) < 4.78 is 17.9. The Kier molecular flexibility index (Phi) is 2.84. The molecule has 0 bridgehead atoms. The fourth-order valence-corrected chi connectivity index (χ4v) is 0.868. The molecule has 0 heterocycles. The van der Waals surface area contributed by atoms with Crippen LogP contribution in [0.25, 0.3) is 0 Å². The Morgan fingerprint density at radius 1 is 1.62 bits per heavy atom. The Labute approximate surface area is 75.8 Å². The molecule has 0 aliphatic rings. The lowest BCUT2D eigenvalue weighted by Gasteiger charge is -2.05. The molecular formula is C9H11FN2O. The van der Waals surface area contributed by atoms with Gasteiger partial charge in [-0.15, -0.1) is 0 Å². The maximum atomic E-state index is 12.8. The Hall–Kier alpha value is -1.58. The van der Waals surface area contributed by atoms with Crippen LogP contribution in [0.3, 0.4) is 0 Å². The molecule has 4 heteroatoms. The number of amidine groups is 1. The van der Waals surface area contributed by atoms with Crippen molar-refractivity contribution in [1.29, 1.82) is 5.41 Å². The van der Waals surface area contributed by atoms with Crippen molar-refractivity contribution in [3.63, 3.8) is 0 Å². The van der Waals surface area contributed by atoms with Crippen LogP contribution in [0.4, 0.5) is 4.39 Å². The van der Waals surface area contributed by atoms with Crippen molar-refractivity contribution in [2.24, 2.45) is 5.73 Å². The molecule has 0 saturated heterocycles. The molecule has 0 unspecified atom stereocenters. The number of nitrogens with one attached hydrogen (secondary N) is 1. The SMILES string of the molecule is Cc1cc(OCC(=N)N)ccc1F. The van der Waals surface area contributed by atoms with Crippen LogP contribution in [0.15, 0.2) is 18.2 Å². The number of benzene rings is 1. The molecule has 3 N–H and O–H groups in total. The third-order valence-electron chi connectivity index (χ3n) is 1.52. The zero-order valence-corrected chi connectivity index (χ0v) is 7.30. The summed E-state index contributed by atoms with van der Waals surface area (Å²) in [4.78, 5) is 0. The van der Waals surface area contributed by atoms with Crippen LogP contribution >= 0.6 is 0 Å². The second-order valence-electron chi connectivity index (χ2n) is 2.72. The normalized spacial score (nSPS) is 9.69. The molecule has 0 atom stereocenters. The molecule has 13 heavy (non-hydrogen) atoms. The summed E-state index contributed by atoms with van der Waals surface area (Å²) in [6, 6.07) is 4.40. The smallest absolute Gasteiger partial charge is 0.145 e. The molecular weight excluding hydrogens is 171 g/mol. The van der Waals surface area contributed by atoms with Gasteiger partial charge in [0.1, 0.15) is 24.0 Å². The number of aryl methyl sites for hydroxylation is 1. The van der Waals surface area contributed by atoms with Crippen molar-refractivity contribution in [2.75, 3.05) is 6.61 Å². The Bertz CT molecular complexity index is 325. The van der Waals surface area contributed by atoms with Crippen molar-refractivity contribution < 1.29 is 9.13 Å². The quantitative estimate of drug-likeness (QED) is 0.549. The van der Waals surface area contributed by atoms with Gasteiger partial charge in [0.05, 0.1) is 0 Å². The second-order valence-corrected chi connectivity index (χ2v) is 2.72. The summed E-state index contributed by atoms with van der Waals surface area (Å²) >= 11 is 0. The van der Waals surface area contributed by atoms with E-state index in [1.807, 2.05) is 0 Å².